The van der Waals surface area contributed by atoms with E-state index in [9.17, 15) is 14.4 Å². The molecule has 6 heteroatoms. The lowest BCUT2D eigenvalue weighted by atomic mass is 9.82. The summed E-state index contributed by atoms with van der Waals surface area (Å²) in [4.78, 5) is 37.4. The second-order valence-corrected chi connectivity index (χ2v) is 4.98. The normalized spacial score (nSPS) is 24.4. The second kappa shape index (κ2) is 4.33. The summed E-state index contributed by atoms with van der Waals surface area (Å²) in [5.74, 6) is -0.337. The number of amides is 4. The molecule has 4 amide bonds. The first-order valence-electron chi connectivity index (χ1n) is 6.62. The summed E-state index contributed by atoms with van der Waals surface area (Å²) in [6, 6.07) is 6.73. The Hall–Kier alpha value is -2.37. The number of rotatable bonds is 1. The highest BCUT2D eigenvalue weighted by Gasteiger charge is 2.51. The van der Waals surface area contributed by atoms with Gasteiger partial charge in [0.05, 0.1) is 0 Å². The van der Waals surface area contributed by atoms with Crippen LogP contribution in [0.2, 0.25) is 0 Å². The van der Waals surface area contributed by atoms with Gasteiger partial charge in [-0.05, 0) is 6.07 Å². The third-order valence-electron chi connectivity index (χ3n) is 3.91. The first-order chi connectivity index (χ1) is 9.58. The molecule has 1 aromatic rings. The average Bonchev–Trinajstić information content (AvgIpc) is 2.74. The molecule has 20 heavy (non-hydrogen) atoms. The Bertz CT molecular complexity index is 613. The molecule has 6 nitrogen and oxygen atoms in total. The molecule has 0 radical (unpaired) electrons. The van der Waals surface area contributed by atoms with Crippen LogP contribution in [0.5, 0.6) is 0 Å². The van der Waals surface area contributed by atoms with E-state index >= 15 is 0 Å². The van der Waals surface area contributed by atoms with Crippen molar-refractivity contribution in [3.63, 3.8) is 0 Å². The Balaban J connectivity index is 2.12. The molecule has 1 spiro atoms. The van der Waals surface area contributed by atoms with Gasteiger partial charge >= 0.3 is 6.03 Å². The minimum atomic E-state index is -1.04. The smallest absolute Gasteiger partial charge is 0.319 e. The van der Waals surface area contributed by atoms with E-state index in [1.54, 1.807) is 24.0 Å². The largest absolute Gasteiger partial charge is 0.322 e. The lowest BCUT2D eigenvalue weighted by Gasteiger charge is -2.38. The zero-order chi connectivity index (χ0) is 14.3. The number of hydrogen-bond acceptors (Lipinski definition) is 3. The highest BCUT2D eigenvalue weighted by molar-refractivity contribution is 6.09. The predicted octanol–water partition coefficient (Wildman–Crippen LogP) is 0.868. The van der Waals surface area contributed by atoms with Gasteiger partial charge in [-0.15, -0.1) is 0 Å². The van der Waals surface area contributed by atoms with Crippen LogP contribution >= 0.6 is 0 Å². The average molecular weight is 273 g/mol. The molecule has 1 saturated heterocycles. The fourth-order valence-electron chi connectivity index (χ4n) is 2.91. The number of para-hydroxylation sites is 1. The molecule has 0 saturated carbocycles. The number of nitrogens with one attached hydrogen (secondary N) is 2. The molecule has 2 aliphatic heterocycles. The van der Waals surface area contributed by atoms with Crippen LogP contribution in [-0.2, 0) is 15.1 Å². The van der Waals surface area contributed by atoms with E-state index in [1.165, 1.54) is 0 Å². The van der Waals surface area contributed by atoms with Crippen molar-refractivity contribution >= 4 is 23.5 Å². The summed E-state index contributed by atoms with van der Waals surface area (Å²) in [6.07, 6.45) is 0.785. The predicted molar refractivity (Wildman–Crippen MR) is 72.1 cm³/mol. The zero-order valence-corrected chi connectivity index (χ0v) is 11.1. The lowest BCUT2D eigenvalue weighted by Crippen LogP contribution is -2.51. The Morgan fingerprint density at radius 1 is 1.35 bits per heavy atom. The van der Waals surface area contributed by atoms with Crippen LogP contribution in [0.25, 0.3) is 0 Å². The van der Waals surface area contributed by atoms with E-state index in [0.717, 1.165) is 0 Å². The lowest BCUT2D eigenvalue weighted by molar-refractivity contribution is -0.125. The number of urea groups is 1. The number of benzene rings is 1. The summed E-state index contributed by atoms with van der Waals surface area (Å²) >= 11 is 0. The molecule has 3 rings (SSSR count). The molecular weight excluding hydrogens is 258 g/mol. The van der Waals surface area contributed by atoms with Crippen molar-refractivity contribution in [1.82, 2.24) is 10.6 Å². The van der Waals surface area contributed by atoms with Gasteiger partial charge in [-0.2, -0.15) is 0 Å². The van der Waals surface area contributed by atoms with Gasteiger partial charge in [-0.1, -0.05) is 25.1 Å². The first-order valence-corrected chi connectivity index (χ1v) is 6.62. The van der Waals surface area contributed by atoms with E-state index < -0.39 is 11.6 Å². The number of nitrogens with zero attached hydrogens (tertiary/aromatic N) is 1. The molecule has 2 aliphatic rings. The summed E-state index contributed by atoms with van der Waals surface area (Å²) < 4.78 is 0. The monoisotopic (exact) mass is 273 g/mol. The Labute approximate surface area is 116 Å². The van der Waals surface area contributed by atoms with Crippen LogP contribution in [-0.4, -0.2) is 24.4 Å². The van der Waals surface area contributed by atoms with Crippen molar-refractivity contribution in [2.24, 2.45) is 0 Å². The van der Waals surface area contributed by atoms with Gasteiger partial charge in [-0.25, -0.2) is 4.79 Å². The van der Waals surface area contributed by atoms with Crippen LogP contribution in [0.1, 0.15) is 25.3 Å². The highest BCUT2D eigenvalue weighted by Crippen LogP contribution is 2.40. The van der Waals surface area contributed by atoms with Gasteiger partial charge in [0, 0.05) is 30.6 Å². The molecule has 1 fully saturated rings. The highest BCUT2D eigenvalue weighted by atomic mass is 16.2. The third kappa shape index (κ3) is 1.61. The van der Waals surface area contributed by atoms with Gasteiger partial charge in [0.2, 0.25) is 5.91 Å². The van der Waals surface area contributed by atoms with E-state index in [1.807, 2.05) is 12.1 Å². The van der Waals surface area contributed by atoms with Crippen molar-refractivity contribution in [2.45, 2.75) is 25.3 Å². The van der Waals surface area contributed by atoms with Crippen molar-refractivity contribution < 1.29 is 14.4 Å². The molecule has 0 aromatic heterocycles. The number of hydrogen-bond donors (Lipinski definition) is 2. The van der Waals surface area contributed by atoms with Crippen molar-refractivity contribution in [3.8, 4) is 0 Å². The van der Waals surface area contributed by atoms with Crippen LogP contribution in [0.3, 0.4) is 0 Å². The van der Waals surface area contributed by atoms with Crippen molar-refractivity contribution in [1.29, 1.82) is 0 Å². The molecule has 2 heterocycles. The fraction of sp³-hybridized carbons (Fsp3) is 0.357. The minimum absolute atomic E-state index is 0.0111. The quantitative estimate of drug-likeness (QED) is 0.745. The number of carbonyl (C=O) groups is 3. The number of imide groups is 1. The van der Waals surface area contributed by atoms with E-state index in [2.05, 4.69) is 10.6 Å². The Morgan fingerprint density at radius 3 is 2.75 bits per heavy atom. The Kier molecular flexibility index (Phi) is 2.74. The van der Waals surface area contributed by atoms with E-state index in [-0.39, 0.29) is 11.8 Å². The molecule has 2 N–H and O–H groups in total. The van der Waals surface area contributed by atoms with Crippen LogP contribution in [0.15, 0.2) is 24.3 Å². The molecule has 0 bridgehead atoms. The summed E-state index contributed by atoms with van der Waals surface area (Å²) in [5, 5.41) is 5.00. The second-order valence-electron chi connectivity index (χ2n) is 4.98. The van der Waals surface area contributed by atoms with Crippen LogP contribution in [0.4, 0.5) is 10.5 Å². The third-order valence-corrected chi connectivity index (χ3v) is 3.91. The van der Waals surface area contributed by atoms with Gasteiger partial charge in [-0.3, -0.25) is 14.9 Å². The summed E-state index contributed by atoms with van der Waals surface area (Å²) in [6.45, 7) is 2.22. The zero-order valence-electron chi connectivity index (χ0n) is 11.1. The molecule has 1 atom stereocenters. The molecule has 0 aliphatic carbocycles. The van der Waals surface area contributed by atoms with E-state index in [4.69, 9.17) is 0 Å². The molecule has 1 aromatic carbocycles. The van der Waals surface area contributed by atoms with Crippen molar-refractivity contribution in [2.75, 3.05) is 11.4 Å². The van der Waals surface area contributed by atoms with Gasteiger partial charge in [0.1, 0.15) is 5.54 Å². The Morgan fingerprint density at radius 2 is 2.10 bits per heavy atom. The number of carbonyl (C=O) groups excluding carboxylic acids is 3. The minimum Gasteiger partial charge on any atom is -0.319 e. The molecule has 1 unspecified atom stereocenters. The van der Waals surface area contributed by atoms with Gasteiger partial charge in [0.25, 0.3) is 5.91 Å². The maximum atomic E-state index is 12.2. The van der Waals surface area contributed by atoms with Crippen molar-refractivity contribution in [3.05, 3.63) is 29.8 Å². The fourth-order valence-corrected chi connectivity index (χ4v) is 2.91. The van der Waals surface area contributed by atoms with Gasteiger partial charge in [0.15, 0.2) is 0 Å². The number of anilines is 1. The molecular formula is C14H15N3O3. The van der Waals surface area contributed by atoms with Crippen LogP contribution < -0.4 is 15.5 Å². The first kappa shape index (κ1) is 12.7. The maximum absolute atomic E-state index is 12.2. The standard InChI is InChI=1S/C14H15N3O3/c1-2-11(18)17-8-7-14(12(19)15-13(20)16-14)9-5-3-4-6-10(9)17/h3-6H,2,7-8H2,1H3,(H2,15,16,19,20). The maximum Gasteiger partial charge on any atom is 0.322 e. The SMILES string of the molecule is CCC(=O)N1CCC2(NC(=O)NC2=O)c2ccccc21. The topological polar surface area (TPSA) is 78.5 Å². The van der Waals surface area contributed by atoms with E-state index in [0.29, 0.717) is 30.6 Å². The molecule has 104 valence electrons. The summed E-state index contributed by atoms with van der Waals surface area (Å²) in [5.41, 5.74) is 0.331. The summed E-state index contributed by atoms with van der Waals surface area (Å²) in [7, 11) is 0. The number of fused-ring (bicyclic) bond motifs is 2. The van der Waals surface area contributed by atoms with Crippen LogP contribution in [0, 0.1) is 0 Å². The van der Waals surface area contributed by atoms with Gasteiger partial charge < -0.3 is 10.2 Å².